The van der Waals surface area contributed by atoms with E-state index in [0.717, 1.165) is 49.1 Å². The molecule has 0 amide bonds. The molecule has 192 valence electrons. The number of ether oxygens (including phenoxy) is 2. The van der Waals surface area contributed by atoms with Gasteiger partial charge in [-0.15, -0.1) is 5.10 Å². The van der Waals surface area contributed by atoms with Crippen molar-refractivity contribution in [2.45, 2.75) is 26.7 Å². The van der Waals surface area contributed by atoms with E-state index in [2.05, 4.69) is 39.0 Å². The van der Waals surface area contributed by atoms with Crippen LogP contribution in [0.4, 0.5) is 0 Å². The molecule has 0 atom stereocenters. The maximum absolute atomic E-state index is 6.31. The Hall–Kier alpha value is -3.43. The molecule has 38 heavy (non-hydrogen) atoms. The van der Waals surface area contributed by atoms with Crippen LogP contribution in [0.3, 0.4) is 0 Å². The van der Waals surface area contributed by atoms with E-state index in [4.69, 9.17) is 37.7 Å². The maximum atomic E-state index is 6.31. The molecule has 0 spiro atoms. The van der Waals surface area contributed by atoms with E-state index in [0.29, 0.717) is 36.4 Å². The van der Waals surface area contributed by atoms with Gasteiger partial charge in [0, 0.05) is 15.6 Å². The molecule has 0 N–H and O–H groups in total. The van der Waals surface area contributed by atoms with Crippen LogP contribution in [0.15, 0.2) is 72.9 Å². The minimum Gasteiger partial charge on any atom is -0.494 e. The molecule has 0 aliphatic carbocycles. The van der Waals surface area contributed by atoms with Crippen LogP contribution >= 0.6 is 34.5 Å². The third-order valence-corrected chi connectivity index (χ3v) is 7.69. The van der Waals surface area contributed by atoms with Crippen molar-refractivity contribution in [2.75, 3.05) is 6.61 Å². The lowest BCUT2D eigenvalue weighted by molar-refractivity contribution is 0.102. The van der Waals surface area contributed by atoms with Crippen LogP contribution in [0.2, 0.25) is 10.0 Å². The summed E-state index contributed by atoms with van der Waals surface area (Å²) in [6.07, 6.45) is 1.87. The molecule has 0 saturated heterocycles. The number of halogens is 2. The van der Waals surface area contributed by atoms with E-state index in [9.17, 15) is 0 Å². The molecule has 0 aliphatic heterocycles. The average Bonchev–Trinajstić information content (AvgIpc) is 3.61. The fourth-order valence-electron chi connectivity index (χ4n) is 4.38. The number of hydrogen-bond donors (Lipinski definition) is 0. The van der Waals surface area contributed by atoms with E-state index in [1.807, 2.05) is 49.5 Å². The summed E-state index contributed by atoms with van der Waals surface area (Å²) in [6, 6.07) is 21.7. The zero-order valence-electron chi connectivity index (χ0n) is 20.5. The van der Waals surface area contributed by atoms with Gasteiger partial charge in [-0.25, -0.2) is 9.67 Å². The van der Waals surface area contributed by atoms with E-state index in [1.54, 1.807) is 22.1 Å². The topological polar surface area (TPSA) is 66.5 Å². The fourth-order valence-corrected chi connectivity index (χ4v) is 5.92. The summed E-state index contributed by atoms with van der Waals surface area (Å²) >= 11 is 14.0. The lowest BCUT2D eigenvalue weighted by Crippen LogP contribution is -2.01. The van der Waals surface area contributed by atoms with E-state index in [-0.39, 0.29) is 0 Å². The molecule has 3 heterocycles. The smallest absolute Gasteiger partial charge is 0.195 e. The summed E-state index contributed by atoms with van der Waals surface area (Å²) in [4.78, 5) is 5.91. The van der Waals surface area contributed by atoms with Crippen LogP contribution in [-0.4, -0.2) is 31.0 Å². The third kappa shape index (κ3) is 5.00. The molecule has 0 unspecified atom stereocenters. The van der Waals surface area contributed by atoms with Crippen molar-refractivity contribution >= 4 is 49.7 Å². The summed E-state index contributed by atoms with van der Waals surface area (Å²) in [5.74, 6) is 0.855. The molecule has 3 aromatic heterocycles. The first kappa shape index (κ1) is 24.9. The summed E-state index contributed by atoms with van der Waals surface area (Å²) in [5.41, 5.74) is 5.67. The van der Waals surface area contributed by atoms with Gasteiger partial charge in [-0.05, 0) is 42.8 Å². The highest BCUT2D eigenvalue weighted by molar-refractivity contribution is 7.23. The number of hydrogen-bond acceptors (Lipinski definition) is 6. The molecule has 7 nitrogen and oxygen atoms in total. The molecule has 0 fully saturated rings. The van der Waals surface area contributed by atoms with Gasteiger partial charge in [0.15, 0.2) is 4.96 Å². The monoisotopic (exact) mass is 563 g/mol. The van der Waals surface area contributed by atoms with Crippen LogP contribution < -0.4 is 4.74 Å². The van der Waals surface area contributed by atoms with E-state index in [1.165, 1.54) is 0 Å². The van der Waals surface area contributed by atoms with Crippen molar-refractivity contribution in [3.05, 3.63) is 99.9 Å². The predicted octanol–water partition coefficient (Wildman–Crippen LogP) is 7.28. The largest absolute Gasteiger partial charge is 0.494 e. The van der Waals surface area contributed by atoms with Crippen LogP contribution in [0.5, 0.6) is 5.75 Å². The lowest BCUT2D eigenvalue weighted by Gasteiger charge is -2.07. The number of imidazole rings is 1. The van der Waals surface area contributed by atoms with E-state index >= 15 is 0 Å². The number of fused-ring (bicyclic) bond motifs is 3. The highest BCUT2D eigenvalue weighted by atomic mass is 35.5. The van der Waals surface area contributed by atoms with Crippen molar-refractivity contribution in [1.29, 1.82) is 0 Å². The molecule has 0 radical (unpaired) electrons. The minimum atomic E-state index is 0.312. The number of benzene rings is 3. The molecule has 0 aliphatic rings. The first-order chi connectivity index (χ1) is 18.6. The number of rotatable bonds is 9. The van der Waals surface area contributed by atoms with Gasteiger partial charge in [-0.2, -0.15) is 0 Å². The summed E-state index contributed by atoms with van der Waals surface area (Å²) in [6.45, 7) is 3.78. The summed E-state index contributed by atoms with van der Waals surface area (Å²) < 4.78 is 16.9. The van der Waals surface area contributed by atoms with E-state index < -0.39 is 0 Å². The highest BCUT2D eigenvalue weighted by Gasteiger charge is 2.19. The first-order valence-corrected chi connectivity index (χ1v) is 13.7. The van der Waals surface area contributed by atoms with Crippen molar-refractivity contribution in [1.82, 2.24) is 24.4 Å². The minimum absolute atomic E-state index is 0.312. The Bertz CT molecular complexity index is 1730. The van der Waals surface area contributed by atoms with Gasteiger partial charge in [0.25, 0.3) is 0 Å². The van der Waals surface area contributed by atoms with Gasteiger partial charge in [-0.1, -0.05) is 76.2 Å². The Balaban J connectivity index is 1.25. The Morgan fingerprint density at radius 1 is 0.974 bits per heavy atom. The van der Waals surface area contributed by atoms with Gasteiger partial charge in [0.05, 0.1) is 54.2 Å². The zero-order valence-corrected chi connectivity index (χ0v) is 22.8. The quantitative estimate of drug-likeness (QED) is 0.185. The molecule has 6 aromatic rings. The van der Waals surface area contributed by atoms with Crippen LogP contribution in [-0.2, 0) is 24.5 Å². The van der Waals surface area contributed by atoms with Gasteiger partial charge < -0.3 is 9.47 Å². The second-order valence-electron chi connectivity index (χ2n) is 8.69. The normalized spacial score (nSPS) is 11.6. The Morgan fingerprint density at radius 3 is 2.66 bits per heavy atom. The van der Waals surface area contributed by atoms with Crippen molar-refractivity contribution in [3.8, 4) is 17.0 Å². The van der Waals surface area contributed by atoms with Crippen LogP contribution in [0.25, 0.3) is 26.4 Å². The fraction of sp³-hybridized carbons (Fsp3) is 0.179. The molecular weight excluding hydrogens is 541 g/mol. The standard InChI is InChI=1S/C28H23Cl2N5O2S/c1-2-37-22-10-11-24-26(13-22)38-28-31-27(18-6-4-3-5-7-18)25(35(24)28)17-36-16-21-15-34(33-32-21)14-19-8-9-20(29)12-23(19)30/h3-13,15H,2,14,16-17H2,1H3. The number of nitrogens with zero attached hydrogens (tertiary/aromatic N) is 5. The third-order valence-electron chi connectivity index (χ3n) is 6.10. The van der Waals surface area contributed by atoms with Crippen molar-refractivity contribution < 1.29 is 9.47 Å². The van der Waals surface area contributed by atoms with Gasteiger partial charge >= 0.3 is 0 Å². The van der Waals surface area contributed by atoms with Gasteiger partial charge in [0.1, 0.15) is 11.4 Å². The molecule has 3 aromatic carbocycles. The maximum Gasteiger partial charge on any atom is 0.195 e. The average molecular weight is 564 g/mol. The van der Waals surface area contributed by atoms with Crippen molar-refractivity contribution in [3.63, 3.8) is 0 Å². The first-order valence-electron chi connectivity index (χ1n) is 12.1. The van der Waals surface area contributed by atoms with Crippen molar-refractivity contribution in [2.24, 2.45) is 0 Å². The number of aromatic nitrogens is 5. The second-order valence-corrected chi connectivity index (χ2v) is 10.5. The lowest BCUT2D eigenvalue weighted by atomic mass is 10.1. The molecule has 0 bridgehead atoms. The SMILES string of the molecule is CCOc1ccc2c(c1)sc1nc(-c3ccccc3)c(COCc3cn(Cc4ccc(Cl)cc4Cl)nn3)n12. The van der Waals surface area contributed by atoms with Gasteiger partial charge in [0.2, 0.25) is 0 Å². The number of thiazole rings is 1. The van der Waals surface area contributed by atoms with Gasteiger partial charge in [-0.3, -0.25) is 4.40 Å². The van der Waals surface area contributed by atoms with Crippen LogP contribution in [0.1, 0.15) is 23.9 Å². The highest BCUT2D eigenvalue weighted by Crippen LogP contribution is 2.35. The Morgan fingerprint density at radius 2 is 1.84 bits per heavy atom. The molecule has 10 heteroatoms. The summed E-state index contributed by atoms with van der Waals surface area (Å²) in [7, 11) is 0. The Labute approximate surface area is 233 Å². The summed E-state index contributed by atoms with van der Waals surface area (Å²) in [5, 5.41) is 9.70. The molecule has 6 rings (SSSR count). The predicted molar refractivity (Wildman–Crippen MR) is 151 cm³/mol. The molecular formula is C28H23Cl2N5O2S. The van der Waals surface area contributed by atoms with Crippen LogP contribution in [0, 0.1) is 0 Å². The Kier molecular flexibility index (Phi) is 7.04. The molecule has 0 saturated carbocycles. The zero-order chi connectivity index (χ0) is 26.1. The second kappa shape index (κ2) is 10.7.